The summed E-state index contributed by atoms with van der Waals surface area (Å²) in [6.07, 6.45) is 1.71. The number of rotatable bonds is 9. The second kappa shape index (κ2) is 9.54. The number of anilines is 1. The fourth-order valence-electron chi connectivity index (χ4n) is 2.33. The van der Waals surface area contributed by atoms with Gasteiger partial charge in [0, 0.05) is 16.6 Å². The van der Waals surface area contributed by atoms with Gasteiger partial charge in [0.2, 0.25) is 5.95 Å². The molecule has 0 radical (unpaired) electrons. The van der Waals surface area contributed by atoms with Crippen LogP contribution in [0.4, 0.5) is 5.95 Å². The Balaban J connectivity index is 2.06. The highest BCUT2D eigenvalue weighted by atomic mass is 79.9. The molecule has 28 heavy (non-hydrogen) atoms. The molecule has 0 fully saturated rings. The molecule has 1 aromatic carbocycles. The van der Waals surface area contributed by atoms with Crippen LogP contribution < -0.4 is 20.1 Å². The summed E-state index contributed by atoms with van der Waals surface area (Å²) in [5, 5.41) is 17.5. The van der Waals surface area contributed by atoms with Gasteiger partial charge in [0.05, 0.1) is 13.7 Å². The quantitative estimate of drug-likeness (QED) is 0.563. The van der Waals surface area contributed by atoms with Gasteiger partial charge in [-0.2, -0.15) is 0 Å². The molecule has 1 amide bonds. The minimum atomic E-state index is -0.318. The average Bonchev–Trinajstić information content (AvgIpc) is 3.05. The maximum absolute atomic E-state index is 12.0. The highest BCUT2D eigenvalue weighted by Gasteiger charge is 2.16. The van der Waals surface area contributed by atoms with E-state index in [1.165, 1.54) is 0 Å². The van der Waals surface area contributed by atoms with Crippen molar-refractivity contribution >= 4 is 27.8 Å². The molecule has 1 heterocycles. The summed E-state index contributed by atoms with van der Waals surface area (Å²) in [5.74, 6) is 1.32. The molecule has 1 aromatic heterocycles. The Morgan fingerprint density at radius 2 is 2.11 bits per heavy atom. The van der Waals surface area contributed by atoms with Gasteiger partial charge in [-0.3, -0.25) is 4.79 Å². The second-order valence-corrected chi connectivity index (χ2v) is 7.86. The average molecular weight is 453 g/mol. The summed E-state index contributed by atoms with van der Waals surface area (Å²) in [5.41, 5.74) is 0.596. The van der Waals surface area contributed by atoms with E-state index in [2.05, 4.69) is 48.7 Å². The van der Waals surface area contributed by atoms with Crippen molar-refractivity contribution in [2.75, 3.05) is 19.0 Å². The van der Waals surface area contributed by atoms with Crippen LogP contribution in [0.5, 0.6) is 11.5 Å². The van der Waals surface area contributed by atoms with Crippen molar-refractivity contribution in [1.82, 2.24) is 25.5 Å². The minimum absolute atomic E-state index is 0.103. The number of hydrogen-bond donors (Lipinski definition) is 2. The number of hydrogen-bond acceptors (Lipinski definition) is 7. The largest absolute Gasteiger partial charge is 0.493 e. The summed E-state index contributed by atoms with van der Waals surface area (Å²) in [7, 11) is 1.55. The number of halogens is 1. The molecule has 0 spiro atoms. The van der Waals surface area contributed by atoms with Crippen LogP contribution in [0.15, 0.2) is 29.3 Å². The molecule has 0 unspecified atom stereocenters. The standard InChI is InChI=1S/C18H25BrN6O3/c1-6-7-25-17(22-23-24-25)20-10-12-8-14(27-5)15(9-13(12)19)28-11-16(26)21-18(2,3)4/h6,8-9H,1,7,10-11H2,2-5H3,(H,21,26)(H,20,22,24). The van der Waals surface area contributed by atoms with Crippen molar-refractivity contribution in [3.8, 4) is 11.5 Å². The molecule has 0 saturated carbocycles. The molecule has 0 aliphatic rings. The van der Waals surface area contributed by atoms with Gasteiger partial charge >= 0.3 is 0 Å². The molecule has 0 saturated heterocycles. The van der Waals surface area contributed by atoms with E-state index in [4.69, 9.17) is 9.47 Å². The molecule has 0 aliphatic carbocycles. The lowest BCUT2D eigenvalue weighted by Gasteiger charge is -2.21. The maximum Gasteiger partial charge on any atom is 0.258 e. The number of amides is 1. The van der Waals surface area contributed by atoms with Crippen molar-refractivity contribution in [1.29, 1.82) is 0 Å². The molecule has 0 bridgehead atoms. The lowest BCUT2D eigenvalue weighted by atomic mass is 10.1. The first-order chi connectivity index (χ1) is 13.2. The van der Waals surface area contributed by atoms with Crippen LogP contribution in [0.3, 0.4) is 0 Å². The van der Waals surface area contributed by atoms with E-state index in [1.54, 1.807) is 23.9 Å². The van der Waals surface area contributed by atoms with Crippen LogP contribution in [0.1, 0.15) is 26.3 Å². The van der Waals surface area contributed by atoms with E-state index in [1.807, 2.05) is 26.8 Å². The highest BCUT2D eigenvalue weighted by Crippen LogP contribution is 2.34. The Kier molecular flexibility index (Phi) is 7.38. The lowest BCUT2D eigenvalue weighted by molar-refractivity contribution is -0.124. The summed E-state index contributed by atoms with van der Waals surface area (Å²) < 4.78 is 13.4. The van der Waals surface area contributed by atoms with Crippen molar-refractivity contribution < 1.29 is 14.3 Å². The van der Waals surface area contributed by atoms with Crippen molar-refractivity contribution in [2.24, 2.45) is 0 Å². The highest BCUT2D eigenvalue weighted by molar-refractivity contribution is 9.10. The predicted octanol–water partition coefficient (Wildman–Crippen LogP) is 2.54. The molecule has 0 aliphatic heterocycles. The fourth-order valence-corrected chi connectivity index (χ4v) is 2.80. The third kappa shape index (κ3) is 6.22. The third-order valence-electron chi connectivity index (χ3n) is 3.48. The number of aromatic nitrogens is 4. The number of carbonyl (C=O) groups excluding carboxylic acids is 1. The Morgan fingerprint density at radius 1 is 1.36 bits per heavy atom. The Bertz CT molecular complexity index is 831. The molecule has 9 nitrogen and oxygen atoms in total. The minimum Gasteiger partial charge on any atom is -0.493 e. The van der Waals surface area contributed by atoms with Crippen LogP contribution >= 0.6 is 15.9 Å². The lowest BCUT2D eigenvalue weighted by Crippen LogP contribution is -2.43. The van der Waals surface area contributed by atoms with Crippen LogP contribution in [-0.2, 0) is 17.9 Å². The Labute approximate surface area is 172 Å². The Hall–Kier alpha value is -2.62. The number of benzene rings is 1. The van der Waals surface area contributed by atoms with Crippen LogP contribution in [0, 0.1) is 0 Å². The van der Waals surface area contributed by atoms with E-state index >= 15 is 0 Å². The zero-order chi connectivity index (χ0) is 20.7. The SMILES string of the molecule is C=CCn1nnnc1NCc1cc(OC)c(OCC(=O)NC(C)(C)C)cc1Br. The number of ether oxygens (including phenoxy) is 2. The van der Waals surface area contributed by atoms with E-state index in [0.717, 1.165) is 10.0 Å². The summed E-state index contributed by atoms with van der Waals surface area (Å²) in [6.45, 7) is 10.3. The van der Waals surface area contributed by atoms with Crippen molar-refractivity contribution in [3.63, 3.8) is 0 Å². The van der Waals surface area contributed by atoms with E-state index in [0.29, 0.717) is 30.5 Å². The van der Waals surface area contributed by atoms with Crippen LogP contribution in [0.25, 0.3) is 0 Å². The third-order valence-corrected chi connectivity index (χ3v) is 4.21. The Morgan fingerprint density at radius 3 is 2.75 bits per heavy atom. The number of nitrogens with one attached hydrogen (secondary N) is 2. The molecular weight excluding hydrogens is 428 g/mol. The van der Waals surface area contributed by atoms with Gasteiger partial charge in [-0.15, -0.1) is 6.58 Å². The first-order valence-electron chi connectivity index (χ1n) is 8.64. The normalized spacial score (nSPS) is 11.0. The number of allylic oxidation sites excluding steroid dienone is 1. The van der Waals surface area contributed by atoms with Crippen LogP contribution in [0.2, 0.25) is 0 Å². The van der Waals surface area contributed by atoms with Gasteiger partial charge in [0.15, 0.2) is 18.1 Å². The van der Waals surface area contributed by atoms with Gasteiger partial charge < -0.3 is 20.1 Å². The monoisotopic (exact) mass is 452 g/mol. The second-order valence-electron chi connectivity index (χ2n) is 7.01. The zero-order valence-corrected chi connectivity index (χ0v) is 18.0. The summed E-state index contributed by atoms with van der Waals surface area (Å²) in [6, 6.07) is 3.60. The van der Waals surface area contributed by atoms with Gasteiger partial charge in [-0.25, -0.2) is 4.68 Å². The molecule has 2 N–H and O–H groups in total. The van der Waals surface area contributed by atoms with Crippen molar-refractivity contribution in [3.05, 3.63) is 34.8 Å². The summed E-state index contributed by atoms with van der Waals surface area (Å²) >= 11 is 3.53. The molecular formula is C18H25BrN6O3. The van der Waals surface area contributed by atoms with Gasteiger partial charge in [-0.05, 0) is 48.9 Å². The van der Waals surface area contributed by atoms with E-state index < -0.39 is 0 Å². The molecule has 10 heteroatoms. The smallest absolute Gasteiger partial charge is 0.258 e. The van der Waals surface area contributed by atoms with Gasteiger partial charge in [-0.1, -0.05) is 27.1 Å². The molecule has 2 aromatic rings. The number of methoxy groups -OCH3 is 1. The van der Waals surface area contributed by atoms with Crippen LogP contribution in [-0.4, -0.2) is 45.4 Å². The topological polar surface area (TPSA) is 103 Å². The first kappa shape index (κ1) is 21.7. The zero-order valence-electron chi connectivity index (χ0n) is 16.5. The van der Waals surface area contributed by atoms with E-state index in [9.17, 15) is 4.79 Å². The predicted molar refractivity (Wildman–Crippen MR) is 109 cm³/mol. The van der Waals surface area contributed by atoms with Gasteiger partial charge in [0.25, 0.3) is 5.91 Å². The van der Waals surface area contributed by atoms with E-state index in [-0.39, 0.29) is 18.1 Å². The molecule has 2 rings (SSSR count). The van der Waals surface area contributed by atoms with Crippen molar-refractivity contribution in [2.45, 2.75) is 39.4 Å². The maximum atomic E-state index is 12.0. The summed E-state index contributed by atoms with van der Waals surface area (Å²) in [4.78, 5) is 12.0. The molecule has 0 atom stereocenters. The number of nitrogens with zero attached hydrogens (tertiary/aromatic N) is 4. The molecule has 152 valence electrons. The first-order valence-corrected chi connectivity index (χ1v) is 9.44. The number of carbonyl (C=O) groups is 1. The number of tetrazole rings is 1. The fraction of sp³-hybridized carbons (Fsp3) is 0.444. The van der Waals surface area contributed by atoms with Gasteiger partial charge in [0.1, 0.15) is 0 Å².